The van der Waals surface area contributed by atoms with E-state index < -0.39 is 5.54 Å². The number of rotatable bonds is 4. The van der Waals surface area contributed by atoms with E-state index in [0.29, 0.717) is 11.5 Å². The van der Waals surface area contributed by atoms with Gasteiger partial charge in [0.25, 0.3) is 5.91 Å². The summed E-state index contributed by atoms with van der Waals surface area (Å²) in [6, 6.07) is 7.66. The van der Waals surface area contributed by atoms with E-state index in [1.165, 1.54) is 0 Å². The highest BCUT2D eigenvalue weighted by molar-refractivity contribution is 5.97. The number of carbonyl (C=O) groups excluding carboxylic acids is 1. The summed E-state index contributed by atoms with van der Waals surface area (Å²) in [5.74, 6) is 0.340. The highest BCUT2D eigenvalue weighted by Gasteiger charge is 2.34. The Kier molecular flexibility index (Phi) is 4.16. The quantitative estimate of drug-likeness (QED) is 0.919. The Hall–Kier alpha value is -2.61. The van der Waals surface area contributed by atoms with Crippen LogP contribution in [0.4, 0.5) is 5.69 Å². The first kappa shape index (κ1) is 17.2. The predicted molar refractivity (Wildman–Crippen MR) is 97.5 cm³/mol. The number of benzene rings is 1. The van der Waals surface area contributed by atoms with Crippen LogP contribution < -0.4 is 5.32 Å². The Balaban J connectivity index is 1.91. The topological polar surface area (TPSA) is 70.7 Å². The van der Waals surface area contributed by atoms with Crippen LogP contribution in [0, 0.1) is 32.1 Å². The third-order valence-corrected chi connectivity index (χ3v) is 5.18. The van der Waals surface area contributed by atoms with Crippen molar-refractivity contribution in [2.75, 3.05) is 5.32 Å². The largest absolute Gasteiger partial charge is 0.324 e. The number of nitrogens with one attached hydrogen (secondary N) is 1. The first-order valence-electron chi connectivity index (χ1n) is 8.64. The Morgan fingerprint density at radius 2 is 2.00 bits per heavy atom. The highest BCUT2D eigenvalue weighted by atomic mass is 16.2. The van der Waals surface area contributed by atoms with E-state index in [-0.39, 0.29) is 5.91 Å². The summed E-state index contributed by atoms with van der Waals surface area (Å²) in [5.41, 5.74) is 4.74. The Labute approximate surface area is 148 Å². The summed E-state index contributed by atoms with van der Waals surface area (Å²) in [5, 5.41) is 16.7. The molecule has 0 spiro atoms. The molecule has 0 unspecified atom stereocenters. The van der Waals surface area contributed by atoms with Gasteiger partial charge < -0.3 is 5.32 Å². The van der Waals surface area contributed by atoms with Crippen LogP contribution in [-0.4, -0.2) is 15.7 Å². The molecule has 0 bridgehead atoms. The van der Waals surface area contributed by atoms with Crippen LogP contribution >= 0.6 is 0 Å². The fraction of sp³-hybridized carbons (Fsp3) is 0.450. The summed E-state index contributed by atoms with van der Waals surface area (Å²) in [6.45, 7) is 9.72. The molecule has 0 atom stereocenters. The number of aromatic nitrogens is 2. The Bertz CT molecular complexity index is 882. The lowest BCUT2D eigenvalue weighted by Crippen LogP contribution is -2.41. The third kappa shape index (κ3) is 3.05. The van der Waals surface area contributed by atoms with Crippen molar-refractivity contribution >= 4 is 11.6 Å². The van der Waals surface area contributed by atoms with Crippen molar-refractivity contribution in [1.82, 2.24) is 9.78 Å². The SMILES string of the molecule is Cc1nn(C(C)(C)C(=O)Nc2ccc(C#N)cc2C2CC2)c(C)c1C. The fourth-order valence-corrected chi connectivity index (χ4v) is 3.11. The van der Waals surface area contributed by atoms with Gasteiger partial charge in [-0.1, -0.05) is 0 Å². The number of nitrogens with zero attached hydrogens (tertiary/aromatic N) is 3. The number of hydrogen-bond acceptors (Lipinski definition) is 3. The molecule has 1 heterocycles. The zero-order valence-electron chi connectivity index (χ0n) is 15.5. The van der Waals surface area contributed by atoms with Gasteiger partial charge in [0, 0.05) is 11.4 Å². The number of nitriles is 1. The molecule has 1 fully saturated rings. The minimum atomic E-state index is -0.808. The minimum absolute atomic E-state index is 0.107. The lowest BCUT2D eigenvalue weighted by molar-refractivity contribution is -0.123. The molecular formula is C20H24N4O. The normalized spacial score (nSPS) is 14.2. The van der Waals surface area contributed by atoms with Crippen molar-refractivity contribution in [3.05, 3.63) is 46.3 Å². The van der Waals surface area contributed by atoms with Gasteiger partial charge >= 0.3 is 0 Å². The second-order valence-electron chi connectivity index (χ2n) is 7.41. The lowest BCUT2D eigenvalue weighted by atomic mass is 10.0. The van der Waals surface area contributed by atoms with E-state index in [1.807, 2.05) is 46.8 Å². The van der Waals surface area contributed by atoms with Crippen molar-refractivity contribution in [2.45, 2.75) is 58.9 Å². The molecule has 3 rings (SSSR count). The van der Waals surface area contributed by atoms with Crippen LogP contribution in [0.5, 0.6) is 0 Å². The first-order valence-corrected chi connectivity index (χ1v) is 8.64. The summed E-state index contributed by atoms with van der Waals surface area (Å²) in [4.78, 5) is 13.0. The smallest absolute Gasteiger partial charge is 0.251 e. The zero-order valence-corrected chi connectivity index (χ0v) is 15.5. The van der Waals surface area contributed by atoms with Gasteiger partial charge in [0.15, 0.2) is 0 Å². The van der Waals surface area contributed by atoms with E-state index in [0.717, 1.165) is 41.0 Å². The molecule has 2 aromatic rings. The molecule has 1 aromatic heterocycles. The summed E-state index contributed by atoms with van der Waals surface area (Å²) >= 11 is 0. The van der Waals surface area contributed by atoms with Gasteiger partial charge in [-0.25, -0.2) is 0 Å². The van der Waals surface area contributed by atoms with E-state index in [1.54, 1.807) is 10.7 Å². The van der Waals surface area contributed by atoms with Crippen molar-refractivity contribution in [3.63, 3.8) is 0 Å². The fourth-order valence-electron chi connectivity index (χ4n) is 3.11. The van der Waals surface area contributed by atoms with Gasteiger partial charge in [-0.3, -0.25) is 9.48 Å². The second kappa shape index (κ2) is 6.03. The number of carbonyl (C=O) groups is 1. The van der Waals surface area contributed by atoms with Crippen molar-refractivity contribution in [1.29, 1.82) is 5.26 Å². The molecule has 1 amide bonds. The average Bonchev–Trinajstić information content (AvgIpc) is 3.39. The molecule has 1 aromatic carbocycles. The first-order chi connectivity index (χ1) is 11.8. The third-order valence-electron chi connectivity index (χ3n) is 5.18. The number of amides is 1. The summed E-state index contributed by atoms with van der Waals surface area (Å²) < 4.78 is 1.80. The molecule has 1 N–H and O–H groups in total. The molecule has 0 aliphatic heterocycles. The van der Waals surface area contributed by atoms with Crippen molar-refractivity contribution in [2.24, 2.45) is 0 Å². The minimum Gasteiger partial charge on any atom is -0.324 e. The number of aryl methyl sites for hydroxylation is 1. The van der Waals surface area contributed by atoms with Crippen molar-refractivity contribution < 1.29 is 4.79 Å². The monoisotopic (exact) mass is 336 g/mol. The molecular weight excluding hydrogens is 312 g/mol. The molecule has 0 saturated heterocycles. The van der Waals surface area contributed by atoms with Gasteiger partial charge in [-0.05, 0) is 82.7 Å². The molecule has 130 valence electrons. The summed E-state index contributed by atoms with van der Waals surface area (Å²) in [7, 11) is 0. The highest BCUT2D eigenvalue weighted by Crippen LogP contribution is 2.44. The number of hydrogen-bond donors (Lipinski definition) is 1. The van der Waals surface area contributed by atoms with Crippen LogP contribution in [0.15, 0.2) is 18.2 Å². The molecule has 0 radical (unpaired) electrons. The van der Waals surface area contributed by atoms with E-state index in [4.69, 9.17) is 5.26 Å². The van der Waals surface area contributed by atoms with Gasteiger partial charge in [0.1, 0.15) is 5.54 Å². The maximum Gasteiger partial charge on any atom is 0.251 e. The lowest BCUT2D eigenvalue weighted by Gasteiger charge is -2.26. The predicted octanol–water partition coefficient (Wildman–Crippen LogP) is 3.93. The second-order valence-corrected chi connectivity index (χ2v) is 7.41. The molecule has 1 aliphatic rings. The van der Waals surface area contributed by atoms with Gasteiger partial charge in [-0.15, -0.1) is 0 Å². The van der Waals surface area contributed by atoms with Crippen LogP contribution in [0.25, 0.3) is 0 Å². The molecule has 1 aliphatic carbocycles. The molecule has 5 nitrogen and oxygen atoms in total. The maximum atomic E-state index is 13.0. The van der Waals surface area contributed by atoms with Gasteiger partial charge in [0.05, 0.1) is 17.3 Å². The average molecular weight is 336 g/mol. The molecule has 1 saturated carbocycles. The zero-order chi connectivity index (χ0) is 18.4. The van der Waals surface area contributed by atoms with E-state index in [2.05, 4.69) is 16.5 Å². The van der Waals surface area contributed by atoms with Crippen LogP contribution in [0.3, 0.4) is 0 Å². The van der Waals surface area contributed by atoms with Crippen LogP contribution in [0.1, 0.15) is 60.7 Å². The summed E-state index contributed by atoms with van der Waals surface area (Å²) in [6.07, 6.45) is 2.22. The Morgan fingerprint density at radius 3 is 2.52 bits per heavy atom. The van der Waals surface area contributed by atoms with Crippen LogP contribution in [0.2, 0.25) is 0 Å². The number of anilines is 1. The van der Waals surface area contributed by atoms with Gasteiger partial charge in [0.2, 0.25) is 0 Å². The van der Waals surface area contributed by atoms with Crippen LogP contribution in [-0.2, 0) is 10.3 Å². The molecule has 5 heteroatoms. The maximum absolute atomic E-state index is 13.0. The van der Waals surface area contributed by atoms with E-state index in [9.17, 15) is 4.79 Å². The van der Waals surface area contributed by atoms with E-state index >= 15 is 0 Å². The standard InChI is InChI=1S/C20H24N4O/c1-12-13(2)23-24(14(12)3)20(4,5)19(25)22-18-9-6-15(11-21)10-17(18)16-7-8-16/h6,9-10,16H,7-8H2,1-5H3,(H,22,25). The molecule has 25 heavy (non-hydrogen) atoms. The van der Waals surface area contributed by atoms with Gasteiger partial charge in [-0.2, -0.15) is 10.4 Å². The van der Waals surface area contributed by atoms with Crippen molar-refractivity contribution in [3.8, 4) is 6.07 Å². The Morgan fingerprint density at radius 1 is 1.32 bits per heavy atom.